The molecule has 5 nitrogen and oxygen atoms in total. The zero-order valence-electron chi connectivity index (χ0n) is 7.50. The number of nitrogens with zero attached hydrogens (tertiary/aromatic N) is 2. The molecule has 0 aliphatic carbocycles. The third kappa shape index (κ3) is 2.01. The summed E-state index contributed by atoms with van der Waals surface area (Å²) in [6.45, 7) is 1.88. The Morgan fingerprint density at radius 2 is 2.25 bits per heavy atom. The van der Waals surface area contributed by atoms with Crippen molar-refractivity contribution in [2.75, 3.05) is 14.2 Å². The zero-order chi connectivity index (χ0) is 9.19. The van der Waals surface area contributed by atoms with Gasteiger partial charge in [-0.1, -0.05) is 0 Å². The highest BCUT2D eigenvalue weighted by Gasteiger charge is 2.38. The van der Waals surface area contributed by atoms with Crippen LogP contribution in [-0.4, -0.2) is 31.8 Å². The summed E-state index contributed by atoms with van der Waals surface area (Å²) in [5.74, 6) is -0.268. The second kappa shape index (κ2) is 3.18. The molecule has 0 amide bonds. The fourth-order valence-electron chi connectivity index (χ4n) is 0.999. The van der Waals surface area contributed by atoms with Gasteiger partial charge in [-0.05, 0) is 14.0 Å². The van der Waals surface area contributed by atoms with Crippen LogP contribution in [0.15, 0.2) is 10.2 Å². The lowest BCUT2D eigenvalue weighted by Gasteiger charge is -2.14. The molecule has 1 aliphatic rings. The summed E-state index contributed by atoms with van der Waals surface area (Å²) in [6, 6.07) is -0.310. The summed E-state index contributed by atoms with van der Waals surface area (Å²) in [4.78, 5) is 11.1. The van der Waals surface area contributed by atoms with Gasteiger partial charge in [0.2, 0.25) is 0 Å². The first-order valence-electron chi connectivity index (χ1n) is 3.80. The molecule has 0 bridgehead atoms. The number of carbonyl (C=O) groups excluding carboxylic acids is 1. The first kappa shape index (κ1) is 9.12. The maximum absolute atomic E-state index is 11.1. The van der Waals surface area contributed by atoms with E-state index in [9.17, 15) is 4.79 Å². The topological polar surface area (TPSA) is 63.0 Å². The molecule has 1 rings (SSSR count). The van der Waals surface area contributed by atoms with Crippen molar-refractivity contribution >= 4 is 5.97 Å². The molecular weight excluding hydrogens is 158 g/mol. The van der Waals surface area contributed by atoms with Crippen molar-refractivity contribution in [3.05, 3.63) is 0 Å². The van der Waals surface area contributed by atoms with Crippen molar-refractivity contribution in [3.63, 3.8) is 0 Å². The number of nitrogens with one attached hydrogen (secondary N) is 1. The van der Waals surface area contributed by atoms with Crippen LogP contribution in [0, 0.1) is 0 Å². The number of rotatable bonds is 4. The van der Waals surface area contributed by atoms with Crippen LogP contribution in [0.2, 0.25) is 0 Å². The minimum Gasteiger partial charge on any atom is -0.468 e. The lowest BCUT2D eigenvalue weighted by atomic mass is 10.1. The minimum absolute atomic E-state index is 0.268. The molecule has 1 heterocycles. The third-order valence-corrected chi connectivity index (χ3v) is 1.87. The highest BCUT2D eigenvalue weighted by molar-refractivity contribution is 5.75. The van der Waals surface area contributed by atoms with Gasteiger partial charge in [-0.2, -0.15) is 10.2 Å². The SMILES string of the molecule is CN[C@@H](CC1(C)N=N1)C(=O)OC. The number of hydrogen-bond acceptors (Lipinski definition) is 5. The van der Waals surface area contributed by atoms with Gasteiger partial charge in [-0.25, -0.2) is 0 Å². The summed E-state index contributed by atoms with van der Waals surface area (Å²) < 4.78 is 4.59. The predicted molar refractivity (Wildman–Crippen MR) is 42.7 cm³/mol. The molecular formula is C7H13N3O2. The van der Waals surface area contributed by atoms with Crippen molar-refractivity contribution in [2.24, 2.45) is 10.2 Å². The van der Waals surface area contributed by atoms with Crippen LogP contribution in [-0.2, 0) is 9.53 Å². The van der Waals surface area contributed by atoms with Crippen molar-refractivity contribution in [1.82, 2.24) is 5.32 Å². The van der Waals surface area contributed by atoms with E-state index in [1.165, 1.54) is 7.11 Å². The van der Waals surface area contributed by atoms with Gasteiger partial charge in [0, 0.05) is 6.42 Å². The standard InChI is InChI=1S/C7H13N3O2/c1-7(9-10-7)4-5(8-2)6(11)12-3/h5,8H,4H2,1-3H3/t5-/m0/s1. The molecule has 0 aromatic heterocycles. The Balaban J connectivity index is 2.40. The van der Waals surface area contributed by atoms with Gasteiger partial charge in [0.25, 0.3) is 0 Å². The smallest absolute Gasteiger partial charge is 0.323 e. The van der Waals surface area contributed by atoms with Crippen molar-refractivity contribution in [3.8, 4) is 0 Å². The van der Waals surface area contributed by atoms with Crippen LogP contribution in [0.25, 0.3) is 0 Å². The van der Waals surface area contributed by atoms with E-state index in [-0.39, 0.29) is 17.7 Å². The lowest BCUT2D eigenvalue weighted by molar-refractivity contribution is -0.143. The van der Waals surface area contributed by atoms with Gasteiger partial charge in [0.1, 0.15) is 6.04 Å². The Hall–Kier alpha value is -0.970. The van der Waals surface area contributed by atoms with Gasteiger partial charge in [-0.15, -0.1) is 0 Å². The van der Waals surface area contributed by atoms with Gasteiger partial charge >= 0.3 is 5.97 Å². The van der Waals surface area contributed by atoms with Crippen molar-refractivity contribution < 1.29 is 9.53 Å². The van der Waals surface area contributed by atoms with Crippen LogP contribution in [0.1, 0.15) is 13.3 Å². The minimum atomic E-state index is -0.359. The van der Waals surface area contributed by atoms with E-state index >= 15 is 0 Å². The van der Waals surface area contributed by atoms with Crippen LogP contribution >= 0.6 is 0 Å². The Kier molecular flexibility index (Phi) is 2.42. The van der Waals surface area contributed by atoms with E-state index in [1.54, 1.807) is 7.05 Å². The molecule has 0 saturated carbocycles. The number of esters is 1. The Labute approximate surface area is 71.2 Å². The molecule has 0 aromatic rings. The van der Waals surface area contributed by atoms with Crippen molar-refractivity contribution in [2.45, 2.75) is 25.0 Å². The first-order valence-corrected chi connectivity index (χ1v) is 3.80. The summed E-state index contributed by atoms with van der Waals surface area (Å²) in [5, 5.41) is 10.5. The largest absolute Gasteiger partial charge is 0.468 e. The zero-order valence-corrected chi connectivity index (χ0v) is 7.50. The summed E-state index contributed by atoms with van der Waals surface area (Å²) in [7, 11) is 3.09. The third-order valence-electron chi connectivity index (χ3n) is 1.87. The summed E-state index contributed by atoms with van der Waals surface area (Å²) >= 11 is 0. The molecule has 0 unspecified atom stereocenters. The highest BCUT2D eigenvalue weighted by atomic mass is 16.5. The molecule has 0 spiro atoms. The molecule has 12 heavy (non-hydrogen) atoms. The Morgan fingerprint density at radius 3 is 2.58 bits per heavy atom. The van der Waals surface area contributed by atoms with E-state index in [2.05, 4.69) is 20.3 Å². The summed E-state index contributed by atoms with van der Waals surface area (Å²) in [6.07, 6.45) is 0.566. The fourth-order valence-corrected chi connectivity index (χ4v) is 0.999. The molecule has 0 fully saturated rings. The molecule has 1 atom stereocenters. The molecule has 68 valence electrons. The highest BCUT2D eigenvalue weighted by Crippen LogP contribution is 2.32. The number of carbonyl (C=O) groups is 1. The Bertz CT molecular complexity index is 209. The summed E-state index contributed by atoms with van der Waals surface area (Å²) in [5.41, 5.74) is -0.359. The average molecular weight is 171 g/mol. The Morgan fingerprint density at radius 1 is 1.67 bits per heavy atom. The van der Waals surface area contributed by atoms with Gasteiger partial charge in [-0.3, -0.25) is 4.79 Å². The van der Waals surface area contributed by atoms with Crippen LogP contribution in [0.3, 0.4) is 0 Å². The van der Waals surface area contributed by atoms with E-state index in [0.29, 0.717) is 6.42 Å². The molecule has 0 saturated heterocycles. The van der Waals surface area contributed by atoms with Gasteiger partial charge < -0.3 is 10.1 Å². The molecule has 0 aromatic carbocycles. The van der Waals surface area contributed by atoms with Crippen LogP contribution in [0.4, 0.5) is 0 Å². The number of methoxy groups -OCH3 is 1. The molecule has 5 heteroatoms. The monoisotopic (exact) mass is 171 g/mol. The normalized spacial score (nSPS) is 20.2. The number of ether oxygens (including phenoxy) is 1. The fraction of sp³-hybridized carbons (Fsp3) is 0.857. The number of hydrogen-bond donors (Lipinski definition) is 1. The van der Waals surface area contributed by atoms with E-state index in [4.69, 9.17) is 0 Å². The number of likely N-dealkylation sites (N-methyl/N-ethyl adjacent to an activating group) is 1. The van der Waals surface area contributed by atoms with Crippen LogP contribution in [0.5, 0.6) is 0 Å². The predicted octanol–water partition coefficient (Wildman–Crippen LogP) is 0.319. The van der Waals surface area contributed by atoms with Gasteiger partial charge in [0.15, 0.2) is 5.66 Å². The lowest BCUT2D eigenvalue weighted by Crippen LogP contribution is -2.38. The maximum atomic E-state index is 11.1. The van der Waals surface area contributed by atoms with E-state index in [0.717, 1.165) is 0 Å². The molecule has 1 aliphatic heterocycles. The second-order valence-electron chi connectivity index (χ2n) is 2.99. The quantitative estimate of drug-likeness (QED) is 0.619. The molecule has 1 N–H and O–H groups in total. The van der Waals surface area contributed by atoms with E-state index < -0.39 is 0 Å². The molecule has 0 radical (unpaired) electrons. The maximum Gasteiger partial charge on any atom is 0.323 e. The van der Waals surface area contributed by atoms with E-state index in [1.807, 2.05) is 6.92 Å². The average Bonchev–Trinajstić information content (AvgIpc) is 2.79. The van der Waals surface area contributed by atoms with Crippen molar-refractivity contribution in [1.29, 1.82) is 0 Å². The van der Waals surface area contributed by atoms with Gasteiger partial charge in [0.05, 0.1) is 7.11 Å². The van der Waals surface area contributed by atoms with Crippen LogP contribution < -0.4 is 5.32 Å². The second-order valence-corrected chi connectivity index (χ2v) is 2.99. The first-order chi connectivity index (χ1) is 5.61.